The molecule has 1 unspecified atom stereocenters. The molecule has 0 aliphatic carbocycles. The van der Waals surface area contributed by atoms with Crippen LogP contribution >= 0.6 is 27.5 Å². The molecule has 0 saturated heterocycles. The van der Waals surface area contributed by atoms with Crippen molar-refractivity contribution >= 4 is 33.4 Å². The summed E-state index contributed by atoms with van der Waals surface area (Å²) in [6, 6.07) is 7.36. The number of benzene rings is 1. The van der Waals surface area contributed by atoms with Crippen LogP contribution in [0.3, 0.4) is 0 Å². The first kappa shape index (κ1) is 14.5. The highest BCUT2D eigenvalue weighted by molar-refractivity contribution is 9.09. The molecule has 0 aliphatic heterocycles. The predicted molar refractivity (Wildman–Crippen MR) is 75.8 cm³/mol. The Kier molecular flexibility index (Phi) is 6.60. The quantitative estimate of drug-likeness (QED) is 0.630. The van der Waals surface area contributed by atoms with Gasteiger partial charge >= 0.3 is 0 Å². The number of carbonyl (C=O) groups is 1. The van der Waals surface area contributed by atoms with Crippen LogP contribution in [0.1, 0.15) is 25.3 Å². The summed E-state index contributed by atoms with van der Waals surface area (Å²) in [7, 11) is 0. The number of hydrogen-bond donors (Lipinski definition) is 1. The van der Waals surface area contributed by atoms with Gasteiger partial charge in [-0.05, 0) is 30.5 Å². The molecule has 4 heteroatoms. The lowest BCUT2D eigenvalue weighted by Gasteiger charge is -2.06. The molecule has 0 heterocycles. The van der Waals surface area contributed by atoms with Crippen molar-refractivity contribution < 1.29 is 4.79 Å². The van der Waals surface area contributed by atoms with Crippen LogP contribution in [0.25, 0.3) is 0 Å². The summed E-state index contributed by atoms with van der Waals surface area (Å²) in [5.41, 5.74) is 0.987. The van der Waals surface area contributed by atoms with E-state index in [0.29, 0.717) is 16.3 Å². The van der Waals surface area contributed by atoms with E-state index in [2.05, 4.69) is 28.2 Å². The molecule has 1 aromatic carbocycles. The summed E-state index contributed by atoms with van der Waals surface area (Å²) in [5, 5.41) is 3.60. The minimum Gasteiger partial charge on any atom is -0.356 e. The number of carbonyl (C=O) groups excluding carboxylic acids is 1. The van der Waals surface area contributed by atoms with Crippen molar-refractivity contribution in [2.24, 2.45) is 0 Å². The Hall–Kier alpha value is -0.540. The van der Waals surface area contributed by atoms with Crippen LogP contribution in [0.2, 0.25) is 5.02 Å². The van der Waals surface area contributed by atoms with Gasteiger partial charge in [-0.1, -0.05) is 46.6 Å². The zero-order chi connectivity index (χ0) is 12.7. The normalized spacial score (nSPS) is 12.2. The predicted octanol–water partition coefficient (Wildman–Crippen LogP) is 3.56. The van der Waals surface area contributed by atoms with Crippen molar-refractivity contribution in [3.63, 3.8) is 0 Å². The minimum absolute atomic E-state index is 0.0644. The van der Waals surface area contributed by atoms with E-state index in [9.17, 15) is 4.79 Å². The molecule has 0 fully saturated rings. The maximum absolute atomic E-state index is 11.6. The van der Waals surface area contributed by atoms with Crippen molar-refractivity contribution in [1.82, 2.24) is 5.32 Å². The SMILES string of the molecule is CC(Br)CCCNC(=O)Cc1ccc(Cl)cc1. The topological polar surface area (TPSA) is 29.1 Å². The third-order valence-corrected chi connectivity index (χ3v) is 3.09. The molecule has 1 N–H and O–H groups in total. The second-order valence-electron chi connectivity index (χ2n) is 4.08. The molecule has 1 rings (SSSR count). The molecule has 1 aromatic rings. The Bertz CT molecular complexity index is 351. The molecule has 1 atom stereocenters. The van der Waals surface area contributed by atoms with Gasteiger partial charge in [-0.3, -0.25) is 4.79 Å². The fourth-order valence-corrected chi connectivity index (χ4v) is 1.91. The third-order valence-electron chi connectivity index (χ3n) is 2.38. The number of halogens is 2. The Morgan fingerprint density at radius 1 is 1.41 bits per heavy atom. The van der Waals surface area contributed by atoms with Crippen molar-refractivity contribution in [2.45, 2.75) is 31.0 Å². The van der Waals surface area contributed by atoms with Crippen LogP contribution in [0.5, 0.6) is 0 Å². The first-order valence-corrected chi connectivity index (χ1v) is 7.02. The van der Waals surface area contributed by atoms with Gasteiger partial charge in [0.15, 0.2) is 0 Å². The molecule has 0 aromatic heterocycles. The minimum atomic E-state index is 0.0644. The number of nitrogens with one attached hydrogen (secondary N) is 1. The van der Waals surface area contributed by atoms with E-state index in [1.807, 2.05) is 12.1 Å². The van der Waals surface area contributed by atoms with Crippen molar-refractivity contribution in [1.29, 1.82) is 0 Å². The van der Waals surface area contributed by atoms with Crippen molar-refractivity contribution in [3.8, 4) is 0 Å². The van der Waals surface area contributed by atoms with Crippen molar-refractivity contribution in [2.75, 3.05) is 6.54 Å². The van der Waals surface area contributed by atoms with E-state index in [-0.39, 0.29) is 5.91 Å². The van der Waals surface area contributed by atoms with E-state index in [1.54, 1.807) is 12.1 Å². The smallest absolute Gasteiger partial charge is 0.224 e. The second kappa shape index (κ2) is 7.72. The van der Waals surface area contributed by atoms with E-state index in [1.165, 1.54) is 0 Å². The lowest BCUT2D eigenvalue weighted by molar-refractivity contribution is -0.120. The summed E-state index contributed by atoms with van der Waals surface area (Å²) in [4.78, 5) is 12.1. The zero-order valence-corrected chi connectivity index (χ0v) is 12.2. The maximum Gasteiger partial charge on any atom is 0.224 e. The Labute approximate surface area is 116 Å². The van der Waals surface area contributed by atoms with Gasteiger partial charge in [-0.25, -0.2) is 0 Å². The first-order valence-electron chi connectivity index (χ1n) is 5.73. The number of amides is 1. The lowest BCUT2D eigenvalue weighted by Crippen LogP contribution is -2.26. The van der Waals surface area contributed by atoms with Crippen LogP contribution < -0.4 is 5.32 Å². The van der Waals surface area contributed by atoms with Gasteiger partial charge in [0.2, 0.25) is 5.91 Å². The Morgan fingerprint density at radius 2 is 2.06 bits per heavy atom. The summed E-state index contributed by atoms with van der Waals surface area (Å²) in [5.74, 6) is 0.0644. The number of rotatable bonds is 6. The molecule has 0 aliphatic rings. The second-order valence-corrected chi connectivity index (χ2v) is 6.08. The molecule has 17 heavy (non-hydrogen) atoms. The fourth-order valence-electron chi connectivity index (χ4n) is 1.46. The monoisotopic (exact) mass is 317 g/mol. The fraction of sp³-hybridized carbons (Fsp3) is 0.462. The highest BCUT2D eigenvalue weighted by Crippen LogP contribution is 2.10. The van der Waals surface area contributed by atoms with Crippen molar-refractivity contribution in [3.05, 3.63) is 34.9 Å². The lowest BCUT2D eigenvalue weighted by atomic mass is 10.1. The van der Waals surface area contributed by atoms with Gasteiger partial charge in [0.25, 0.3) is 0 Å². The number of alkyl halides is 1. The Balaban J connectivity index is 2.23. The molecular weight excluding hydrogens is 302 g/mol. The summed E-state index contributed by atoms with van der Waals surface area (Å²) in [6.45, 7) is 2.85. The number of hydrogen-bond acceptors (Lipinski definition) is 1. The van der Waals surface area contributed by atoms with Gasteiger partial charge in [0, 0.05) is 16.4 Å². The molecule has 2 nitrogen and oxygen atoms in total. The highest BCUT2D eigenvalue weighted by Gasteiger charge is 2.03. The average Bonchev–Trinajstić information content (AvgIpc) is 2.27. The van der Waals surface area contributed by atoms with E-state index >= 15 is 0 Å². The van der Waals surface area contributed by atoms with Crippen LogP contribution in [0.15, 0.2) is 24.3 Å². The first-order chi connectivity index (χ1) is 8.08. The standard InChI is InChI=1S/C13H17BrClNO/c1-10(14)3-2-8-16-13(17)9-11-4-6-12(15)7-5-11/h4-7,10H,2-3,8-9H2,1H3,(H,16,17). The molecule has 0 bridgehead atoms. The van der Waals surface area contributed by atoms with Crippen LogP contribution in [0.4, 0.5) is 0 Å². The summed E-state index contributed by atoms with van der Waals surface area (Å²) < 4.78 is 0. The summed E-state index contributed by atoms with van der Waals surface area (Å²) >= 11 is 9.25. The molecule has 0 saturated carbocycles. The van der Waals surface area contributed by atoms with Gasteiger partial charge in [-0.15, -0.1) is 0 Å². The van der Waals surface area contributed by atoms with E-state index < -0.39 is 0 Å². The molecule has 0 radical (unpaired) electrons. The average molecular weight is 319 g/mol. The van der Waals surface area contributed by atoms with Crippen LogP contribution in [-0.2, 0) is 11.2 Å². The molecule has 0 spiro atoms. The highest BCUT2D eigenvalue weighted by atomic mass is 79.9. The zero-order valence-electron chi connectivity index (χ0n) is 9.88. The van der Waals surface area contributed by atoms with E-state index in [4.69, 9.17) is 11.6 Å². The van der Waals surface area contributed by atoms with Gasteiger partial charge in [-0.2, -0.15) is 0 Å². The Morgan fingerprint density at radius 3 is 2.65 bits per heavy atom. The van der Waals surface area contributed by atoms with Gasteiger partial charge in [0.1, 0.15) is 0 Å². The summed E-state index contributed by atoms with van der Waals surface area (Å²) in [6.07, 6.45) is 2.49. The molecular formula is C13H17BrClNO. The third kappa shape index (κ3) is 6.69. The van der Waals surface area contributed by atoms with Gasteiger partial charge in [0.05, 0.1) is 6.42 Å². The molecule has 1 amide bonds. The molecule has 94 valence electrons. The van der Waals surface area contributed by atoms with E-state index in [0.717, 1.165) is 24.9 Å². The van der Waals surface area contributed by atoms with Gasteiger partial charge < -0.3 is 5.32 Å². The van der Waals surface area contributed by atoms with Crippen LogP contribution in [0, 0.1) is 0 Å². The maximum atomic E-state index is 11.6. The van der Waals surface area contributed by atoms with Crippen LogP contribution in [-0.4, -0.2) is 17.3 Å². The largest absolute Gasteiger partial charge is 0.356 e.